The first-order valence-corrected chi connectivity index (χ1v) is 12.7. The molecule has 0 amide bonds. The number of methoxy groups -OCH3 is 1. The van der Waals surface area contributed by atoms with Gasteiger partial charge in [0.15, 0.2) is 34.7 Å². The Hall–Kier alpha value is -5.06. The van der Waals surface area contributed by atoms with Gasteiger partial charge in [-0.05, 0) is 54.3 Å². The third-order valence-electron chi connectivity index (χ3n) is 6.65. The standard InChI is InChI=1S/C30H25F2N3O6/c1-16-25(30(38)35-41-16)19-7-3-17(4-8-19)13-14-40-27-21(32)10-11-22-26(27)29(37)34-28(33-22)23(36)12-6-18-5-9-20(31)24(15-18)39-2/h3-5,7-11,15H,6,12-14H2,1-2H3,(H,35,38)(H,33,34,37). The van der Waals surface area contributed by atoms with Crippen molar-refractivity contribution in [3.63, 3.8) is 0 Å². The largest absolute Gasteiger partial charge is 0.494 e. The second-order valence-corrected chi connectivity index (χ2v) is 9.34. The van der Waals surface area contributed by atoms with E-state index in [2.05, 4.69) is 15.1 Å². The number of carbonyl (C=O) groups is 1. The number of ketones is 1. The first-order chi connectivity index (χ1) is 19.7. The molecule has 41 heavy (non-hydrogen) atoms. The maximum absolute atomic E-state index is 14.7. The van der Waals surface area contributed by atoms with Crippen LogP contribution >= 0.6 is 0 Å². The Balaban J connectivity index is 1.28. The molecule has 0 spiro atoms. The summed E-state index contributed by atoms with van der Waals surface area (Å²) in [6.45, 7) is 1.75. The minimum atomic E-state index is -0.737. The number of halogens is 2. The molecule has 0 aliphatic heterocycles. The fourth-order valence-corrected chi connectivity index (χ4v) is 4.52. The number of rotatable bonds is 10. The third-order valence-corrected chi connectivity index (χ3v) is 6.65. The van der Waals surface area contributed by atoms with E-state index >= 15 is 0 Å². The summed E-state index contributed by atoms with van der Waals surface area (Å²) in [5, 5.41) is 2.20. The van der Waals surface area contributed by atoms with Gasteiger partial charge in [-0.3, -0.25) is 14.4 Å². The summed E-state index contributed by atoms with van der Waals surface area (Å²) in [5.41, 5.74) is 1.78. The molecular weight excluding hydrogens is 536 g/mol. The molecule has 0 atom stereocenters. The van der Waals surface area contributed by atoms with Crippen LogP contribution in [-0.2, 0) is 12.8 Å². The lowest BCUT2D eigenvalue weighted by molar-refractivity contribution is 0.0973. The smallest absolute Gasteiger partial charge is 0.288 e. The number of Topliss-reactive ketones (excluding diaryl/α,β-unsaturated/α-hetero) is 1. The van der Waals surface area contributed by atoms with Crippen LogP contribution in [0.4, 0.5) is 8.78 Å². The summed E-state index contributed by atoms with van der Waals surface area (Å²) >= 11 is 0. The van der Waals surface area contributed by atoms with Crippen molar-refractivity contribution in [3.05, 3.63) is 110 Å². The van der Waals surface area contributed by atoms with Gasteiger partial charge in [-0.25, -0.2) is 13.8 Å². The van der Waals surface area contributed by atoms with Crippen molar-refractivity contribution < 1.29 is 27.6 Å². The molecule has 2 heterocycles. The van der Waals surface area contributed by atoms with Crippen LogP contribution in [0, 0.1) is 18.6 Å². The Morgan fingerprint density at radius 1 is 0.951 bits per heavy atom. The molecule has 0 saturated carbocycles. The number of aromatic amines is 2. The van der Waals surface area contributed by atoms with Crippen LogP contribution in [0.1, 0.15) is 33.9 Å². The molecule has 0 unspecified atom stereocenters. The number of H-pyrrole nitrogens is 2. The number of benzene rings is 3. The fraction of sp³-hybridized carbons (Fsp3) is 0.200. The number of hydrogen-bond acceptors (Lipinski definition) is 7. The van der Waals surface area contributed by atoms with E-state index in [9.17, 15) is 23.2 Å². The number of carbonyl (C=O) groups excluding carboxylic acids is 1. The van der Waals surface area contributed by atoms with Crippen molar-refractivity contribution in [3.8, 4) is 22.6 Å². The van der Waals surface area contributed by atoms with Crippen LogP contribution in [0.3, 0.4) is 0 Å². The second-order valence-electron chi connectivity index (χ2n) is 9.34. The van der Waals surface area contributed by atoms with Gasteiger partial charge in [0.1, 0.15) is 11.1 Å². The molecule has 0 saturated heterocycles. The Morgan fingerprint density at radius 2 is 1.68 bits per heavy atom. The molecule has 210 valence electrons. The Morgan fingerprint density at radius 3 is 2.39 bits per heavy atom. The zero-order valence-corrected chi connectivity index (χ0v) is 22.2. The molecule has 3 aromatic carbocycles. The van der Waals surface area contributed by atoms with Crippen molar-refractivity contribution in [2.45, 2.75) is 26.2 Å². The lowest BCUT2D eigenvalue weighted by Gasteiger charge is -2.11. The molecule has 0 radical (unpaired) electrons. The Kier molecular flexibility index (Phi) is 7.77. The Labute approximate surface area is 231 Å². The molecule has 2 N–H and O–H groups in total. The molecule has 0 fully saturated rings. The molecular formula is C30H25F2N3O6. The predicted molar refractivity (Wildman–Crippen MR) is 147 cm³/mol. The maximum Gasteiger partial charge on any atom is 0.288 e. The minimum Gasteiger partial charge on any atom is -0.494 e. The SMILES string of the molecule is COc1cc(CCC(=O)c2nc3ccc(F)c(OCCc4ccc(-c5c(C)o[nH]c5=O)cc4)c3c(=O)[nH]2)ccc1F. The topological polar surface area (TPSA) is 127 Å². The highest BCUT2D eigenvalue weighted by Crippen LogP contribution is 2.26. The average Bonchev–Trinajstić information content (AvgIpc) is 3.31. The van der Waals surface area contributed by atoms with Crippen molar-refractivity contribution >= 4 is 16.7 Å². The van der Waals surface area contributed by atoms with Crippen LogP contribution in [0.5, 0.6) is 11.5 Å². The number of nitrogens with zero attached hydrogens (tertiary/aromatic N) is 1. The minimum absolute atomic E-state index is 0.00112. The van der Waals surface area contributed by atoms with E-state index < -0.39 is 23.0 Å². The zero-order valence-electron chi connectivity index (χ0n) is 22.2. The summed E-state index contributed by atoms with van der Waals surface area (Å²) in [6, 6.07) is 13.9. The summed E-state index contributed by atoms with van der Waals surface area (Å²) in [4.78, 5) is 44.3. The van der Waals surface area contributed by atoms with E-state index in [0.29, 0.717) is 28.9 Å². The maximum atomic E-state index is 14.7. The quantitative estimate of drug-likeness (QED) is 0.232. The van der Waals surface area contributed by atoms with Gasteiger partial charge in [-0.1, -0.05) is 30.3 Å². The number of ether oxygens (including phenoxy) is 2. The van der Waals surface area contributed by atoms with Crippen LogP contribution < -0.4 is 20.6 Å². The fourth-order valence-electron chi connectivity index (χ4n) is 4.52. The number of aromatic nitrogens is 3. The van der Waals surface area contributed by atoms with Crippen LogP contribution in [0.15, 0.2) is 68.7 Å². The zero-order chi connectivity index (χ0) is 29.1. The van der Waals surface area contributed by atoms with E-state index in [4.69, 9.17) is 14.0 Å². The number of aryl methyl sites for hydroxylation is 2. The van der Waals surface area contributed by atoms with E-state index in [1.165, 1.54) is 25.3 Å². The van der Waals surface area contributed by atoms with Crippen LogP contribution in [-0.4, -0.2) is 34.6 Å². The van der Waals surface area contributed by atoms with Gasteiger partial charge in [0.25, 0.3) is 11.1 Å². The molecule has 0 aliphatic rings. The summed E-state index contributed by atoms with van der Waals surface area (Å²) in [5.74, 6) is -1.56. The third kappa shape index (κ3) is 5.79. The highest BCUT2D eigenvalue weighted by Gasteiger charge is 2.18. The van der Waals surface area contributed by atoms with Crippen LogP contribution in [0.2, 0.25) is 0 Å². The molecule has 2 aromatic heterocycles. The van der Waals surface area contributed by atoms with Gasteiger partial charge >= 0.3 is 0 Å². The van der Waals surface area contributed by atoms with Crippen molar-refractivity contribution in [2.75, 3.05) is 13.7 Å². The average molecular weight is 562 g/mol. The van der Waals surface area contributed by atoms with E-state index in [0.717, 1.165) is 11.6 Å². The van der Waals surface area contributed by atoms with Gasteiger partial charge in [-0.15, -0.1) is 0 Å². The number of nitrogens with one attached hydrogen (secondary N) is 2. The van der Waals surface area contributed by atoms with Gasteiger partial charge in [-0.2, -0.15) is 5.16 Å². The van der Waals surface area contributed by atoms with Gasteiger partial charge < -0.3 is 19.0 Å². The van der Waals surface area contributed by atoms with Gasteiger partial charge in [0, 0.05) is 12.8 Å². The lowest BCUT2D eigenvalue weighted by Crippen LogP contribution is -2.18. The Bertz CT molecular complexity index is 1860. The molecule has 9 nitrogen and oxygen atoms in total. The number of fused-ring (bicyclic) bond motifs is 1. The van der Waals surface area contributed by atoms with Gasteiger partial charge in [0.2, 0.25) is 0 Å². The number of hydrogen-bond donors (Lipinski definition) is 2. The first-order valence-electron chi connectivity index (χ1n) is 12.7. The highest BCUT2D eigenvalue weighted by molar-refractivity contribution is 5.95. The van der Waals surface area contributed by atoms with E-state index in [-0.39, 0.29) is 53.2 Å². The summed E-state index contributed by atoms with van der Waals surface area (Å²) in [6.07, 6.45) is 0.669. The molecule has 0 aliphatic carbocycles. The molecule has 0 bridgehead atoms. The predicted octanol–water partition coefficient (Wildman–Crippen LogP) is 4.90. The summed E-state index contributed by atoms with van der Waals surface area (Å²) < 4.78 is 44.1. The molecule has 11 heteroatoms. The van der Waals surface area contributed by atoms with Crippen LogP contribution in [0.25, 0.3) is 22.0 Å². The monoisotopic (exact) mass is 561 g/mol. The first kappa shape index (κ1) is 27.5. The normalized spacial score (nSPS) is 11.1. The van der Waals surface area contributed by atoms with Crippen molar-refractivity contribution in [1.29, 1.82) is 0 Å². The van der Waals surface area contributed by atoms with E-state index in [1.54, 1.807) is 25.1 Å². The van der Waals surface area contributed by atoms with Crippen molar-refractivity contribution in [2.24, 2.45) is 0 Å². The van der Waals surface area contributed by atoms with Crippen molar-refractivity contribution in [1.82, 2.24) is 15.1 Å². The van der Waals surface area contributed by atoms with E-state index in [1.807, 2.05) is 12.1 Å². The van der Waals surface area contributed by atoms with Gasteiger partial charge in [0.05, 0.1) is 24.8 Å². The lowest BCUT2D eigenvalue weighted by atomic mass is 10.0. The summed E-state index contributed by atoms with van der Waals surface area (Å²) in [7, 11) is 1.35. The highest BCUT2D eigenvalue weighted by atomic mass is 19.1. The molecule has 5 aromatic rings. The second kappa shape index (κ2) is 11.6. The molecule has 5 rings (SSSR count).